The van der Waals surface area contributed by atoms with E-state index in [2.05, 4.69) is 15.2 Å². The summed E-state index contributed by atoms with van der Waals surface area (Å²) in [5.41, 5.74) is 0.811. The summed E-state index contributed by atoms with van der Waals surface area (Å²) in [6.45, 7) is 3.26. The molecule has 7 nitrogen and oxygen atoms in total. The summed E-state index contributed by atoms with van der Waals surface area (Å²) >= 11 is 0. The van der Waals surface area contributed by atoms with Crippen molar-refractivity contribution in [1.82, 2.24) is 25.1 Å². The van der Waals surface area contributed by atoms with E-state index in [1.54, 1.807) is 0 Å². The molecule has 1 saturated heterocycles. The Bertz CT molecular complexity index is 787. The summed E-state index contributed by atoms with van der Waals surface area (Å²) in [5.74, 6) is 3.01. The molecule has 1 N–H and O–H groups in total. The molecule has 1 atom stereocenters. The van der Waals surface area contributed by atoms with Crippen molar-refractivity contribution in [2.75, 3.05) is 13.1 Å². The molecule has 0 aromatic carbocycles. The molecule has 1 spiro atoms. The van der Waals surface area contributed by atoms with Crippen LogP contribution in [0.1, 0.15) is 71.8 Å². The molecule has 0 bridgehead atoms. The van der Waals surface area contributed by atoms with Gasteiger partial charge < -0.3 is 9.32 Å². The Morgan fingerprint density at radius 1 is 1.42 bits per heavy atom. The molecule has 7 heteroatoms. The lowest BCUT2D eigenvalue weighted by Crippen LogP contribution is -2.38. The second kappa shape index (κ2) is 4.91. The minimum atomic E-state index is -0.0549. The fourth-order valence-electron chi connectivity index (χ4n) is 4.26. The van der Waals surface area contributed by atoms with Crippen LogP contribution >= 0.6 is 0 Å². The molecule has 2 aliphatic carbocycles. The zero-order chi connectivity index (χ0) is 16.3. The summed E-state index contributed by atoms with van der Waals surface area (Å²) in [4.78, 5) is 23.5. The van der Waals surface area contributed by atoms with E-state index in [9.17, 15) is 4.79 Å². The molecule has 2 saturated carbocycles. The van der Waals surface area contributed by atoms with Crippen molar-refractivity contribution in [2.24, 2.45) is 5.41 Å². The van der Waals surface area contributed by atoms with Crippen LogP contribution in [0, 0.1) is 12.3 Å². The first-order valence-corrected chi connectivity index (χ1v) is 8.78. The maximum Gasteiger partial charge on any atom is 0.291 e. The van der Waals surface area contributed by atoms with Crippen LogP contribution in [0.25, 0.3) is 0 Å². The number of carbonyl (C=O) groups excluding carboxylic acids is 1. The number of nitrogens with zero attached hydrogens (tertiary/aromatic N) is 4. The van der Waals surface area contributed by atoms with Crippen molar-refractivity contribution in [3.05, 3.63) is 29.5 Å². The molecule has 3 fully saturated rings. The van der Waals surface area contributed by atoms with Crippen LogP contribution in [-0.2, 0) is 0 Å². The summed E-state index contributed by atoms with van der Waals surface area (Å²) in [7, 11) is 0. The molecular weight excluding hydrogens is 306 g/mol. The largest absolute Gasteiger partial charge is 0.438 e. The topological polar surface area (TPSA) is 87.9 Å². The molecule has 1 unspecified atom stereocenters. The number of likely N-dealkylation sites (tertiary alicyclic amines) is 1. The third-order valence-electron chi connectivity index (χ3n) is 6.02. The number of nitrogens with one attached hydrogen (secondary N) is 1. The third kappa shape index (κ3) is 2.03. The summed E-state index contributed by atoms with van der Waals surface area (Å²) in [6.07, 6.45) is 7.26. The highest BCUT2D eigenvalue weighted by Gasteiger charge is 2.53. The Kier molecular flexibility index (Phi) is 2.90. The number of aryl methyl sites for hydroxylation is 1. The lowest BCUT2D eigenvalue weighted by atomic mass is 9.62. The Morgan fingerprint density at radius 2 is 2.25 bits per heavy atom. The summed E-state index contributed by atoms with van der Waals surface area (Å²) in [6, 6.07) is 0. The number of aromatic amines is 1. The van der Waals surface area contributed by atoms with Gasteiger partial charge >= 0.3 is 0 Å². The number of amides is 1. The molecule has 2 aromatic heterocycles. The highest BCUT2D eigenvalue weighted by Crippen LogP contribution is 2.55. The van der Waals surface area contributed by atoms with Crippen molar-refractivity contribution < 1.29 is 9.21 Å². The first kappa shape index (κ1) is 14.2. The number of hydrogen-bond acceptors (Lipinski definition) is 5. The van der Waals surface area contributed by atoms with Gasteiger partial charge in [0.05, 0.1) is 5.69 Å². The van der Waals surface area contributed by atoms with E-state index >= 15 is 0 Å². The maximum atomic E-state index is 12.8. The van der Waals surface area contributed by atoms with E-state index in [0.29, 0.717) is 23.9 Å². The Labute approximate surface area is 139 Å². The molecule has 0 radical (unpaired) electrons. The molecule has 5 rings (SSSR count). The zero-order valence-electron chi connectivity index (χ0n) is 13.8. The SMILES string of the molecule is Cc1ncoc1C(=O)N1CC(c2nc(C3CC3)n[nH]2)C2(CCC2)C1. The summed E-state index contributed by atoms with van der Waals surface area (Å²) in [5, 5.41) is 7.58. The van der Waals surface area contributed by atoms with Gasteiger partial charge in [0.15, 0.2) is 12.2 Å². The average Bonchev–Trinajstić information content (AvgIpc) is 2.99. The predicted octanol–water partition coefficient (Wildman–Crippen LogP) is 2.39. The molecule has 1 amide bonds. The highest BCUT2D eigenvalue weighted by atomic mass is 16.3. The van der Waals surface area contributed by atoms with Crippen molar-refractivity contribution >= 4 is 5.91 Å². The van der Waals surface area contributed by atoms with Gasteiger partial charge in [0.2, 0.25) is 5.76 Å². The van der Waals surface area contributed by atoms with Crippen LogP contribution in [0.3, 0.4) is 0 Å². The molecule has 126 valence electrons. The molecule has 24 heavy (non-hydrogen) atoms. The zero-order valence-corrected chi connectivity index (χ0v) is 13.8. The summed E-state index contributed by atoms with van der Waals surface area (Å²) < 4.78 is 5.30. The van der Waals surface area contributed by atoms with Gasteiger partial charge in [-0.05, 0) is 38.0 Å². The van der Waals surface area contributed by atoms with Gasteiger partial charge in [-0.1, -0.05) is 6.42 Å². The Morgan fingerprint density at radius 3 is 2.88 bits per heavy atom. The number of H-pyrrole nitrogens is 1. The van der Waals surface area contributed by atoms with Crippen LogP contribution in [0.5, 0.6) is 0 Å². The number of carbonyl (C=O) groups is 1. The van der Waals surface area contributed by atoms with Crippen molar-refractivity contribution in [1.29, 1.82) is 0 Å². The Hall–Kier alpha value is -2.18. The number of hydrogen-bond donors (Lipinski definition) is 1. The van der Waals surface area contributed by atoms with Crippen molar-refractivity contribution in [3.63, 3.8) is 0 Å². The highest BCUT2D eigenvalue weighted by molar-refractivity contribution is 5.92. The smallest absolute Gasteiger partial charge is 0.291 e. The van der Waals surface area contributed by atoms with Gasteiger partial charge in [0.1, 0.15) is 5.82 Å². The number of aromatic nitrogens is 4. The van der Waals surface area contributed by atoms with Crippen LogP contribution in [0.15, 0.2) is 10.8 Å². The van der Waals surface area contributed by atoms with E-state index in [1.165, 1.54) is 25.7 Å². The molecule has 3 heterocycles. The monoisotopic (exact) mass is 327 g/mol. The first-order chi connectivity index (χ1) is 11.7. The van der Waals surface area contributed by atoms with E-state index in [4.69, 9.17) is 9.40 Å². The fraction of sp³-hybridized carbons (Fsp3) is 0.647. The van der Waals surface area contributed by atoms with Crippen LogP contribution in [0.2, 0.25) is 0 Å². The van der Waals surface area contributed by atoms with Crippen LogP contribution in [0.4, 0.5) is 0 Å². The van der Waals surface area contributed by atoms with E-state index in [0.717, 1.165) is 31.0 Å². The fourth-order valence-corrected chi connectivity index (χ4v) is 4.26. The number of rotatable bonds is 3. The lowest BCUT2D eigenvalue weighted by molar-refractivity contribution is 0.0693. The second-order valence-electron chi connectivity index (χ2n) is 7.57. The van der Waals surface area contributed by atoms with Crippen LogP contribution in [-0.4, -0.2) is 44.1 Å². The van der Waals surface area contributed by atoms with Gasteiger partial charge in [-0.25, -0.2) is 9.97 Å². The second-order valence-corrected chi connectivity index (χ2v) is 7.57. The van der Waals surface area contributed by atoms with Gasteiger partial charge in [0, 0.05) is 24.9 Å². The molecule has 2 aromatic rings. The predicted molar refractivity (Wildman–Crippen MR) is 84.5 cm³/mol. The number of oxazole rings is 1. The average molecular weight is 327 g/mol. The van der Waals surface area contributed by atoms with Gasteiger partial charge in [-0.2, -0.15) is 5.10 Å². The van der Waals surface area contributed by atoms with E-state index < -0.39 is 0 Å². The van der Waals surface area contributed by atoms with Gasteiger partial charge in [-0.3, -0.25) is 9.89 Å². The maximum absolute atomic E-state index is 12.8. The molecule has 3 aliphatic rings. The van der Waals surface area contributed by atoms with Crippen molar-refractivity contribution in [3.8, 4) is 0 Å². The Balaban J connectivity index is 1.42. The first-order valence-electron chi connectivity index (χ1n) is 8.78. The van der Waals surface area contributed by atoms with Crippen LogP contribution < -0.4 is 0 Å². The third-order valence-corrected chi connectivity index (χ3v) is 6.02. The molecule has 1 aliphatic heterocycles. The quantitative estimate of drug-likeness (QED) is 0.935. The standard InChI is InChI=1S/C17H21N5O2/c1-10-13(24-9-18-10)16(23)22-7-12(17(8-22)5-2-6-17)15-19-14(20-21-15)11-3-4-11/h9,11-12H,2-8H2,1H3,(H,19,20,21). The molecular formula is C17H21N5O2. The normalized spacial score (nSPS) is 25.2. The van der Waals surface area contributed by atoms with E-state index in [-0.39, 0.29) is 17.2 Å². The van der Waals surface area contributed by atoms with Gasteiger partial charge in [-0.15, -0.1) is 0 Å². The lowest BCUT2D eigenvalue weighted by Gasteiger charge is -2.41. The minimum absolute atomic E-state index is 0.0549. The minimum Gasteiger partial charge on any atom is -0.438 e. The van der Waals surface area contributed by atoms with Crippen molar-refractivity contribution in [2.45, 2.75) is 50.9 Å². The van der Waals surface area contributed by atoms with Gasteiger partial charge in [0.25, 0.3) is 5.91 Å². The van der Waals surface area contributed by atoms with E-state index in [1.807, 2.05) is 11.8 Å².